The van der Waals surface area contributed by atoms with Crippen LogP contribution in [0.1, 0.15) is 16.3 Å². The number of phenolic OH excluding ortho intramolecular Hbond substituents is 1. The lowest BCUT2D eigenvalue weighted by Gasteiger charge is -2.03. The molecule has 0 bridgehead atoms. The first-order valence-electron chi connectivity index (χ1n) is 6.37. The predicted octanol–water partition coefficient (Wildman–Crippen LogP) is 2.48. The molecule has 1 aromatic carbocycles. The minimum absolute atomic E-state index is 0.0895. The van der Waals surface area contributed by atoms with Gasteiger partial charge in [0.2, 0.25) is 0 Å². The molecule has 3 rings (SSSR count). The van der Waals surface area contributed by atoms with Crippen molar-refractivity contribution in [2.45, 2.75) is 6.54 Å². The van der Waals surface area contributed by atoms with Crippen molar-refractivity contribution >= 4 is 11.6 Å². The number of phenols is 1. The summed E-state index contributed by atoms with van der Waals surface area (Å²) in [5.41, 5.74) is 0.505. The molecule has 3 aromatic rings. The van der Waals surface area contributed by atoms with Crippen LogP contribution in [0, 0.1) is 0 Å². The van der Waals surface area contributed by atoms with Gasteiger partial charge in [0.1, 0.15) is 11.5 Å². The molecule has 0 aliphatic rings. The zero-order valence-corrected chi connectivity index (χ0v) is 11.1. The lowest BCUT2D eigenvalue weighted by Crippen LogP contribution is -2.10. The second kappa shape index (κ2) is 5.54. The summed E-state index contributed by atoms with van der Waals surface area (Å²) in [6.45, 7) is 0.465. The van der Waals surface area contributed by atoms with Gasteiger partial charge in [0.05, 0.1) is 6.54 Å². The number of benzene rings is 1. The van der Waals surface area contributed by atoms with Gasteiger partial charge in [0.25, 0.3) is 5.91 Å². The second-order valence-electron chi connectivity index (χ2n) is 4.47. The highest BCUT2D eigenvalue weighted by atomic mass is 16.4. The highest BCUT2D eigenvalue weighted by molar-refractivity contribution is 6.02. The number of hydrogen-bond acceptors (Lipinski definition) is 4. The molecule has 2 aromatic heterocycles. The number of carbonyl (C=O) groups excluding carboxylic acids is 1. The molecule has 0 aliphatic carbocycles. The minimum atomic E-state index is -0.368. The van der Waals surface area contributed by atoms with Gasteiger partial charge in [-0.1, -0.05) is 6.07 Å². The van der Waals surface area contributed by atoms with E-state index in [4.69, 9.17) is 4.42 Å². The van der Waals surface area contributed by atoms with E-state index in [0.717, 1.165) is 0 Å². The van der Waals surface area contributed by atoms with Crippen molar-refractivity contribution in [1.82, 2.24) is 9.78 Å². The van der Waals surface area contributed by atoms with Crippen LogP contribution >= 0.6 is 0 Å². The van der Waals surface area contributed by atoms with Crippen molar-refractivity contribution in [1.29, 1.82) is 0 Å². The second-order valence-corrected chi connectivity index (χ2v) is 4.47. The van der Waals surface area contributed by atoms with Gasteiger partial charge < -0.3 is 14.8 Å². The summed E-state index contributed by atoms with van der Waals surface area (Å²) in [6.07, 6.45) is 3.49. The van der Waals surface area contributed by atoms with E-state index in [0.29, 0.717) is 18.0 Å². The van der Waals surface area contributed by atoms with Gasteiger partial charge in [-0.25, -0.2) is 0 Å². The summed E-state index contributed by atoms with van der Waals surface area (Å²) >= 11 is 0. The van der Waals surface area contributed by atoms with Gasteiger partial charge in [-0.2, -0.15) is 5.10 Å². The maximum Gasteiger partial charge on any atom is 0.291 e. The highest BCUT2D eigenvalue weighted by Gasteiger charge is 2.12. The van der Waals surface area contributed by atoms with E-state index >= 15 is 0 Å². The minimum Gasteiger partial charge on any atom is -0.508 e. The highest BCUT2D eigenvalue weighted by Crippen LogP contribution is 2.17. The van der Waals surface area contributed by atoms with Crippen molar-refractivity contribution in [2.24, 2.45) is 0 Å². The number of aromatic nitrogens is 2. The Kier molecular flexibility index (Phi) is 3.42. The number of nitrogens with zero attached hydrogens (tertiary/aromatic N) is 2. The van der Waals surface area contributed by atoms with Crippen LogP contribution in [-0.2, 0) is 6.54 Å². The summed E-state index contributed by atoms with van der Waals surface area (Å²) < 4.78 is 7.19. The lowest BCUT2D eigenvalue weighted by molar-refractivity contribution is 0.0994. The number of amides is 1. The van der Waals surface area contributed by atoms with Crippen LogP contribution in [0.25, 0.3) is 0 Å². The van der Waals surface area contributed by atoms with E-state index in [1.54, 1.807) is 35.1 Å². The first-order valence-corrected chi connectivity index (χ1v) is 6.37. The standard InChI is InChI=1S/C15H13N3O3/c19-12-4-1-3-11(9-12)17-15(20)14-6-5-13(21-14)10-18-8-2-7-16-18/h1-9,19H,10H2,(H,17,20). The third kappa shape index (κ3) is 3.11. The van der Waals surface area contributed by atoms with E-state index in [-0.39, 0.29) is 17.4 Å². The maximum absolute atomic E-state index is 12.0. The zero-order chi connectivity index (χ0) is 14.7. The number of aromatic hydroxyl groups is 1. The summed E-state index contributed by atoms with van der Waals surface area (Å²) in [4.78, 5) is 12.0. The third-order valence-corrected chi connectivity index (χ3v) is 2.87. The van der Waals surface area contributed by atoms with Gasteiger partial charge >= 0.3 is 0 Å². The number of hydrogen-bond donors (Lipinski definition) is 2. The van der Waals surface area contributed by atoms with Gasteiger partial charge in [0, 0.05) is 24.1 Å². The molecular weight excluding hydrogens is 270 g/mol. The average Bonchev–Trinajstić information content (AvgIpc) is 3.11. The number of furan rings is 1. The molecule has 0 spiro atoms. The Morgan fingerprint density at radius 1 is 1.29 bits per heavy atom. The van der Waals surface area contributed by atoms with Crippen LogP contribution in [-0.4, -0.2) is 20.8 Å². The van der Waals surface area contributed by atoms with Crippen LogP contribution in [0.2, 0.25) is 0 Å². The number of nitrogens with one attached hydrogen (secondary N) is 1. The van der Waals surface area contributed by atoms with Crippen molar-refractivity contribution in [3.05, 3.63) is 66.4 Å². The smallest absolute Gasteiger partial charge is 0.291 e. The quantitative estimate of drug-likeness (QED) is 0.771. The van der Waals surface area contributed by atoms with Crippen molar-refractivity contribution < 1.29 is 14.3 Å². The molecule has 0 radical (unpaired) electrons. The van der Waals surface area contributed by atoms with Crippen LogP contribution in [0.3, 0.4) is 0 Å². The summed E-state index contributed by atoms with van der Waals surface area (Å²) in [5.74, 6) is 0.569. The Hall–Kier alpha value is -3.02. The lowest BCUT2D eigenvalue weighted by atomic mass is 10.3. The maximum atomic E-state index is 12.0. The predicted molar refractivity (Wildman–Crippen MR) is 76.1 cm³/mol. The van der Waals surface area contributed by atoms with E-state index in [9.17, 15) is 9.90 Å². The largest absolute Gasteiger partial charge is 0.508 e. The SMILES string of the molecule is O=C(Nc1cccc(O)c1)c1ccc(Cn2cccn2)o1. The molecule has 106 valence electrons. The number of rotatable bonds is 4. The Bertz CT molecular complexity index is 747. The van der Waals surface area contributed by atoms with Crippen LogP contribution in [0.4, 0.5) is 5.69 Å². The molecule has 21 heavy (non-hydrogen) atoms. The van der Waals surface area contributed by atoms with Crippen LogP contribution in [0.5, 0.6) is 5.75 Å². The fourth-order valence-corrected chi connectivity index (χ4v) is 1.91. The average molecular weight is 283 g/mol. The van der Waals surface area contributed by atoms with E-state index in [2.05, 4.69) is 10.4 Å². The van der Waals surface area contributed by atoms with Crippen molar-refractivity contribution in [3.63, 3.8) is 0 Å². The molecule has 0 saturated heterocycles. The summed E-state index contributed by atoms with van der Waals surface area (Å²) in [6, 6.07) is 11.5. The Morgan fingerprint density at radius 3 is 2.95 bits per heavy atom. The van der Waals surface area contributed by atoms with Gasteiger partial charge in [0.15, 0.2) is 5.76 Å². The summed E-state index contributed by atoms with van der Waals surface area (Å²) in [7, 11) is 0. The van der Waals surface area contributed by atoms with Crippen LogP contribution < -0.4 is 5.32 Å². The monoisotopic (exact) mass is 283 g/mol. The topological polar surface area (TPSA) is 80.3 Å². The molecule has 1 amide bonds. The van der Waals surface area contributed by atoms with Crippen LogP contribution in [0.15, 0.2) is 59.3 Å². The fourth-order valence-electron chi connectivity index (χ4n) is 1.91. The van der Waals surface area contributed by atoms with E-state index in [1.807, 2.05) is 12.3 Å². The van der Waals surface area contributed by atoms with Gasteiger partial charge in [-0.05, 0) is 30.3 Å². The van der Waals surface area contributed by atoms with Gasteiger partial charge in [-0.3, -0.25) is 9.48 Å². The fraction of sp³-hybridized carbons (Fsp3) is 0.0667. The third-order valence-electron chi connectivity index (χ3n) is 2.87. The van der Waals surface area contributed by atoms with E-state index in [1.165, 1.54) is 12.1 Å². The molecule has 2 N–H and O–H groups in total. The van der Waals surface area contributed by atoms with Gasteiger partial charge in [-0.15, -0.1) is 0 Å². The molecule has 2 heterocycles. The molecule has 0 fully saturated rings. The summed E-state index contributed by atoms with van der Waals surface area (Å²) in [5, 5.41) is 16.1. The number of carbonyl (C=O) groups is 1. The molecular formula is C15H13N3O3. The normalized spacial score (nSPS) is 10.5. The zero-order valence-electron chi connectivity index (χ0n) is 11.1. The van der Waals surface area contributed by atoms with Crippen molar-refractivity contribution in [3.8, 4) is 5.75 Å². The Balaban J connectivity index is 1.69. The molecule has 6 heteroatoms. The Labute approximate surface area is 120 Å². The number of anilines is 1. The molecule has 0 atom stereocenters. The Morgan fingerprint density at radius 2 is 2.19 bits per heavy atom. The molecule has 6 nitrogen and oxygen atoms in total. The van der Waals surface area contributed by atoms with E-state index < -0.39 is 0 Å². The first kappa shape index (κ1) is 13.0. The molecule has 0 saturated carbocycles. The first-order chi connectivity index (χ1) is 10.2. The van der Waals surface area contributed by atoms with Crippen molar-refractivity contribution in [2.75, 3.05) is 5.32 Å². The molecule has 0 unspecified atom stereocenters. The molecule has 0 aliphatic heterocycles.